The lowest BCUT2D eigenvalue weighted by molar-refractivity contribution is 0.0949. The number of aromatic hydroxyl groups is 2. The molecule has 5 aromatic rings. The predicted octanol–water partition coefficient (Wildman–Crippen LogP) is 14.6. The highest BCUT2D eigenvalue weighted by atomic mass is 32.2. The van der Waals surface area contributed by atoms with Gasteiger partial charge in [0, 0.05) is 74.9 Å². The second-order valence-electron chi connectivity index (χ2n) is 24.5. The molecule has 0 radical (unpaired) electrons. The Labute approximate surface area is 463 Å². The molecule has 13 heteroatoms. The van der Waals surface area contributed by atoms with E-state index < -0.39 is 0 Å². The highest BCUT2D eigenvalue weighted by molar-refractivity contribution is 8.18. The molecule has 10 nitrogen and oxygen atoms in total. The number of fused-ring (bicyclic) bond motifs is 1. The van der Waals surface area contributed by atoms with Crippen LogP contribution in [0.5, 0.6) is 28.7 Å². The summed E-state index contributed by atoms with van der Waals surface area (Å²) >= 11 is 3.66. The van der Waals surface area contributed by atoms with Gasteiger partial charge in [-0.05, 0) is 146 Å². The van der Waals surface area contributed by atoms with Gasteiger partial charge in [0.25, 0.3) is 5.91 Å². The van der Waals surface area contributed by atoms with E-state index in [1.54, 1.807) is 24.3 Å². The lowest BCUT2D eigenvalue weighted by Gasteiger charge is -2.32. The minimum absolute atomic E-state index is 0.0443. The third-order valence-corrected chi connectivity index (χ3v) is 16.0. The number of amides is 1. The van der Waals surface area contributed by atoms with E-state index >= 15 is 0 Å². The van der Waals surface area contributed by atoms with Gasteiger partial charge in [0.05, 0.1) is 10.7 Å². The SMILES string of the molecule is CC(C)(Sc1cc(C(C)(C)C)c(O)c(C(C)(C)C)c1)Sc1cc(C(C)(C)C)c(O)c(C(C)(C)C)c1.CCN(CC)CCNC(=O)c1ccc(N)cc1.Fc1ccc([C@@H]2CCNC[C@H]2COc2ccc3c(c2)OCO3)cc1. The van der Waals surface area contributed by atoms with Crippen molar-refractivity contribution in [2.24, 2.45) is 5.92 Å². The van der Waals surface area contributed by atoms with E-state index in [1.165, 1.54) is 27.5 Å². The molecule has 76 heavy (non-hydrogen) atoms. The number of likely N-dealkylation sites (N-methyl/N-ethyl adjacent to an activating group) is 1. The second kappa shape index (κ2) is 26.0. The third kappa shape index (κ3) is 17.7. The van der Waals surface area contributed by atoms with Crippen LogP contribution < -0.4 is 30.6 Å². The Kier molecular flexibility index (Phi) is 21.2. The number of anilines is 1. The number of nitrogen functional groups attached to an aromatic ring is 1. The fraction of sp³-hybridized carbons (Fsp3) is 0.508. The zero-order valence-corrected chi connectivity index (χ0v) is 50.1. The lowest BCUT2D eigenvalue weighted by Crippen LogP contribution is -2.38. The Hall–Kier alpha value is -5.08. The Morgan fingerprint density at radius 2 is 1.20 bits per heavy atom. The monoisotopic (exact) mass is 1080 g/mol. The van der Waals surface area contributed by atoms with Crippen LogP contribution in [0.1, 0.15) is 161 Å². The van der Waals surface area contributed by atoms with Crippen molar-refractivity contribution >= 4 is 35.1 Å². The summed E-state index contributed by atoms with van der Waals surface area (Å²) in [6, 6.07) is 28.1. The zero-order chi connectivity index (χ0) is 56.4. The molecule has 416 valence electrons. The number of rotatable bonds is 14. The molecule has 1 fully saturated rings. The number of nitrogens with two attached hydrogens (primary N) is 1. The van der Waals surface area contributed by atoms with Crippen LogP contribution in [0.15, 0.2) is 101 Å². The van der Waals surface area contributed by atoms with E-state index in [0.717, 1.165) is 78.6 Å². The summed E-state index contributed by atoms with van der Waals surface area (Å²) in [6.45, 7) is 40.9. The maximum atomic E-state index is 13.2. The number of phenols is 2. The molecular formula is C63H89FN4O6S2. The smallest absolute Gasteiger partial charge is 0.251 e. The van der Waals surface area contributed by atoms with E-state index in [2.05, 4.69) is 151 Å². The van der Waals surface area contributed by atoms with E-state index in [4.69, 9.17) is 19.9 Å². The van der Waals surface area contributed by atoms with Crippen LogP contribution in [0, 0.1) is 11.7 Å². The van der Waals surface area contributed by atoms with Gasteiger partial charge in [-0.2, -0.15) is 0 Å². The summed E-state index contributed by atoms with van der Waals surface area (Å²) in [6.07, 6.45) is 1.03. The first-order valence-corrected chi connectivity index (χ1v) is 28.5. The van der Waals surface area contributed by atoms with Crippen LogP contribution in [-0.2, 0) is 21.7 Å². The van der Waals surface area contributed by atoms with Crippen LogP contribution in [0.3, 0.4) is 0 Å². The first-order valence-electron chi connectivity index (χ1n) is 26.9. The minimum atomic E-state index is -0.194. The number of nitrogens with one attached hydrogen (secondary N) is 2. The minimum Gasteiger partial charge on any atom is -0.507 e. The molecule has 0 unspecified atom stereocenters. The number of ether oxygens (including phenoxy) is 3. The number of hydrogen-bond donors (Lipinski definition) is 5. The summed E-state index contributed by atoms with van der Waals surface area (Å²) in [4.78, 5) is 16.3. The van der Waals surface area contributed by atoms with Gasteiger partial charge in [-0.1, -0.05) is 109 Å². The fourth-order valence-electron chi connectivity index (χ4n) is 9.23. The van der Waals surface area contributed by atoms with Gasteiger partial charge >= 0.3 is 0 Å². The molecule has 0 spiro atoms. The number of hydrogen-bond acceptors (Lipinski definition) is 11. The normalized spacial score (nSPS) is 15.8. The summed E-state index contributed by atoms with van der Waals surface area (Å²) in [5.41, 5.74) is 11.4. The second-order valence-corrected chi connectivity index (χ2v) is 28.1. The zero-order valence-electron chi connectivity index (χ0n) is 48.4. The molecule has 6 N–H and O–H groups in total. The van der Waals surface area contributed by atoms with E-state index in [1.807, 2.05) is 53.9 Å². The van der Waals surface area contributed by atoms with Crippen molar-refractivity contribution in [1.29, 1.82) is 0 Å². The highest BCUT2D eigenvalue weighted by Gasteiger charge is 2.32. The summed E-state index contributed by atoms with van der Waals surface area (Å²) in [7, 11) is 0. The molecule has 0 saturated carbocycles. The Morgan fingerprint density at radius 1 is 0.711 bits per heavy atom. The Bertz CT molecular complexity index is 2520. The molecule has 0 aromatic heterocycles. The Balaban J connectivity index is 0.000000225. The van der Waals surface area contributed by atoms with Gasteiger partial charge in [-0.25, -0.2) is 4.39 Å². The molecule has 2 aliphatic rings. The van der Waals surface area contributed by atoms with Gasteiger partial charge in [0.15, 0.2) is 11.5 Å². The van der Waals surface area contributed by atoms with E-state index in [0.29, 0.717) is 47.7 Å². The first kappa shape index (κ1) is 61.8. The average molecular weight is 1080 g/mol. The van der Waals surface area contributed by atoms with Crippen LogP contribution in [0.25, 0.3) is 0 Å². The van der Waals surface area contributed by atoms with Crippen molar-refractivity contribution in [2.75, 3.05) is 58.4 Å². The number of thioether (sulfide) groups is 2. The molecule has 7 rings (SSSR count). The quantitative estimate of drug-likeness (QED) is 0.0413. The maximum absolute atomic E-state index is 13.2. The van der Waals surface area contributed by atoms with Crippen LogP contribution >= 0.6 is 23.5 Å². The van der Waals surface area contributed by atoms with Crippen LogP contribution in [-0.4, -0.2) is 77.8 Å². The fourth-order valence-corrected chi connectivity index (χ4v) is 11.8. The summed E-state index contributed by atoms with van der Waals surface area (Å²) < 4.78 is 29.7. The molecule has 1 amide bonds. The molecular weight excluding hydrogens is 992 g/mol. The standard InChI is InChI=1S/C31H48O2S2.C19H20FNO3.C13H21N3O/c1-27(2,3)21-15-19(16-22(25(21)32)28(4,5)6)34-31(13,14)35-20-17-23(29(7,8)9)26(33)24(18-20)30(10,11)12;20-15-3-1-13(2-4-15)17-7-8-21-10-14(17)11-22-16-5-6-18-19(9-16)24-12-23-18;1-3-16(4-2)10-9-15-13(17)11-5-7-12(14)8-6-11/h15-18,32-33H,1-14H3;1-6,9,14,17,21H,7-8,10-12H2;5-8H,3-4,9-10,14H2,1-2H3,(H,15,17)/t;14-,17-;/m.0./s1. The van der Waals surface area contributed by atoms with E-state index in [9.17, 15) is 19.4 Å². The number of nitrogens with zero attached hydrogens (tertiary/aromatic N) is 1. The highest BCUT2D eigenvalue weighted by Crippen LogP contribution is 2.51. The van der Waals surface area contributed by atoms with Gasteiger partial charge in [-0.15, -0.1) is 23.5 Å². The first-order chi connectivity index (χ1) is 35.4. The average Bonchev–Trinajstić information content (AvgIpc) is 3.81. The van der Waals surface area contributed by atoms with Crippen molar-refractivity contribution in [3.05, 3.63) is 130 Å². The van der Waals surface area contributed by atoms with Gasteiger partial charge in [-0.3, -0.25) is 4.79 Å². The molecule has 0 aliphatic carbocycles. The molecule has 0 bridgehead atoms. The lowest BCUT2D eigenvalue weighted by atomic mass is 9.79. The van der Waals surface area contributed by atoms with Crippen LogP contribution in [0.2, 0.25) is 0 Å². The summed E-state index contributed by atoms with van der Waals surface area (Å²) in [5.74, 6) is 3.58. The number of piperidine rings is 1. The summed E-state index contributed by atoms with van der Waals surface area (Å²) in [5, 5.41) is 28.6. The Morgan fingerprint density at radius 3 is 1.67 bits per heavy atom. The van der Waals surface area contributed by atoms with Crippen molar-refractivity contribution in [1.82, 2.24) is 15.5 Å². The molecule has 2 heterocycles. The van der Waals surface area contributed by atoms with Crippen molar-refractivity contribution in [3.63, 3.8) is 0 Å². The van der Waals surface area contributed by atoms with Gasteiger partial charge in [0.2, 0.25) is 6.79 Å². The van der Waals surface area contributed by atoms with Crippen molar-refractivity contribution in [2.45, 2.75) is 159 Å². The molecule has 1 saturated heterocycles. The van der Waals surface area contributed by atoms with Crippen molar-refractivity contribution in [3.8, 4) is 28.7 Å². The number of halogens is 1. The number of carbonyl (C=O) groups excluding carboxylic acids is 1. The predicted molar refractivity (Wildman–Crippen MR) is 316 cm³/mol. The number of benzene rings is 5. The van der Waals surface area contributed by atoms with Gasteiger partial charge < -0.3 is 45.7 Å². The molecule has 2 atom stereocenters. The number of carbonyl (C=O) groups is 1. The van der Waals surface area contributed by atoms with E-state index in [-0.39, 0.29) is 44.3 Å². The van der Waals surface area contributed by atoms with Crippen molar-refractivity contribution < 1.29 is 33.6 Å². The molecule has 2 aliphatic heterocycles. The van der Waals surface area contributed by atoms with Gasteiger partial charge in [0.1, 0.15) is 23.1 Å². The number of phenolic OH excluding ortho intramolecular Hbond substituents is 2. The molecule has 5 aromatic carbocycles. The topological polar surface area (TPSA) is 139 Å². The third-order valence-electron chi connectivity index (χ3n) is 13.6. The largest absolute Gasteiger partial charge is 0.507 e. The maximum Gasteiger partial charge on any atom is 0.251 e. The van der Waals surface area contributed by atoms with Crippen LogP contribution in [0.4, 0.5) is 10.1 Å².